The summed E-state index contributed by atoms with van der Waals surface area (Å²) in [6, 6.07) is 0. The molecule has 12 heavy (non-hydrogen) atoms. The smallest absolute Gasteiger partial charge is 0.0431 e. The summed E-state index contributed by atoms with van der Waals surface area (Å²) in [5.41, 5.74) is 0.505. The van der Waals surface area contributed by atoms with Crippen LogP contribution >= 0.6 is 0 Å². The van der Waals surface area contributed by atoms with Crippen LogP contribution in [-0.4, -0.2) is 23.4 Å². The number of hydrogen-bond donors (Lipinski definition) is 2. The van der Waals surface area contributed by atoms with Gasteiger partial charge in [0.05, 0.1) is 0 Å². The second kappa shape index (κ2) is 4.83. The highest BCUT2D eigenvalue weighted by Crippen LogP contribution is 2.48. The lowest BCUT2D eigenvalue weighted by Crippen LogP contribution is -2.29. The minimum atomic E-state index is 0.320. The van der Waals surface area contributed by atoms with Gasteiger partial charge in [0.15, 0.2) is 0 Å². The predicted octanol–water partition coefficient (Wildman–Crippen LogP) is 1.70. The summed E-state index contributed by atoms with van der Waals surface area (Å²) in [5, 5.41) is 17.5. The van der Waals surface area contributed by atoms with Gasteiger partial charge in [0, 0.05) is 13.2 Å². The van der Waals surface area contributed by atoms with Crippen LogP contribution in [0.25, 0.3) is 0 Å². The van der Waals surface area contributed by atoms with Gasteiger partial charge in [-0.15, -0.1) is 0 Å². The molecule has 0 heterocycles. The van der Waals surface area contributed by atoms with E-state index in [9.17, 15) is 0 Å². The van der Waals surface area contributed by atoms with E-state index in [2.05, 4.69) is 0 Å². The third kappa shape index (κ3) is 2.46. The van der Waals surface area contributed by atoms with Crippen molar-refractivity contribution in [2.75, 3.05) is 13.2 Å². The fourth-order valence-electron chi connectivity index (χ4n) is 2.21. The maximum Gasteiger partial charge on any atom is 0.0431 e. The molecule has 2 nitrogen and oxygen atoms in total. The van der Waals surface area contributed by atoms with Gasteiger partial charge >= 0.3 is 0 Å². The molecule has 1 rings (SSSR count). The normalized spacial score (nSPS) is 20.5. The molecule has 0 saturated heterocycles. The molecule has 0 amide bonds. The van der Waals surface area contributed by atoms with Gasteiger partial charge < -0.3 is 10.2 Å². The van der Waals surface area contributed by atoms with Crippen LogP contribution in [-0.2, 0) is 0 Å². The fourth-order valence-corrected chi connectivity index (χ4v) is 2.21. The number of hydrogen-bond acceptors (Lipinski definition) is 2. The first kappa shape index (κ1) is 10.0. The van der Waals surface area contributed by atoms with Crippen molar-refractivity contribution < 1.29 is 10.2 Å². The lowest BCUT2D eigenvalue weighted by Gasteiger charge is -2.42. The molecule has 0 aromatic carbocycles. The molecule has 0 unspecified atom stereocenters. The van der Waals surface area contributed by atoms with Crippen molar-refractivity contribution in [3.8, 4) is 0 Å². The summed E-state index contributed by atoms with van der Waals surface area (Å²) in [7, 11) is 0. The van der Waals surface area contributed by atoms with Crippen molar-refractivity contribution in [3.05, 3.63) is 0 Å². The molecule has 72 valence electrons. The highest BCUT2D eigenvalue weighted by molar-refractivity contribution is 4.87. The van der Waals surface area contributed by atoms with Gasteiger partial charge in [0.1, 0.15) is 0 Å². The Hall–Kier alpha value is -0.0800. The van der Waals surface area contributed by atoms with Crippen molar-refractivity contribution in [2.24, 2.45) is 5.41 Å². The van der Waals surface area contributed by atoms with Gasteiger partial charge in [-0.2, -0.15) is 0 Å². The summed E-state index contributed by atoms with van der Waals surface area (Å²) in [4.78, 5) is 0. The van der Waals surface area contributed by atoms with Crippen molar-refractivity contribution in [1.82, 2.24) is 0 Å². The van der Waals surface area contributed by atoms with E-state index in [0.29, 0.717) is 18.6 Å². The molecule has 2 N–H and O–H groups in total. The van der Waals surface area contributed by atoms with E-state index < -0.39 is 0 Å². The average Bonchev–Trinajstić information content (AvgIpc) is 2.02. The Kier molecular flexibility index (Phi) is 4.02. The third-order valence-corrected chi connectivity index (χ3v) is 3.14. The third-order valence-electron chi connectivity index (χ3n) is 3.14. The zero-order valence-corrected chi connectivity index (χ0v) is 7.76. The zero-order valence-electron chi connectivity index (χ0n) is 7.76. The Balaban J connectivity index is 2.19. The minimum Gasteiger partial charge on any atom is -0.396 e. The zero-order chi connectivity index (χ0) is 8.86. The number of aliphatic hydroxyl groups excluding tert-OH is 2. The van der Waals surface area contributed by atoms with Crippen molar-refractivity contribution in [3.63, 3.8) is 0 Å². The lowest BCUT2D eigenvalue weighted by atomic mass is 9.63. The van der Waals surface area contributed by atoms with E-state index in [4.69, 9.17) is 10.2 Å². The van der Waals surface area contributed by atoms with Crippen molar-refractivity contribution >= 4 is 0 Å². The van der Waals surface area contributed by atoms with E-state index in [0.717, 1.165) is 25.7 Å². The molecule has 0 spiro atoms. The van der Waals surface area contributed by atoms with Crippen LogP contribution in [0.1, 0.15) is 44.9 Å². The first-order valence-electron chi connectivity index (χ1n) is 5.05. The summed E-state index contributed by atoms with van der Waals surface area (Å²) in [6.45, 7) is 0.641. The standard InChI is InChI=1S/C10H20O2/c11-8-2-6-10(4-1-5-10)7-3-9-12/h11-12H,1-9H2. The van der Waals surface area contributed by atoms with Crippen LogP contribution in [0.5, 0.6) is 0 Å². The average molecular weight is 172 g/mol. The molecule has 1 saturated carbocycles. The number of rotatable bonds is 6. The quantitative estimate of drug-likeness (QED) is 0.640. The summed E-state index contributed by atoms with van der Waals surface area (Å²) in [5.74, 6) is 0. The van der Waals surface area contributed by atoms with Gasteiger partial charge in [-0.3, -0.25) is 0 Å². The Labute approximate surface area is 74.6 Å². The second-order valence-electron chi connectivity index (χ2n) is 4.01. The van der Waals surface area contributed by atoms with Crippen LogP contribution in [0, 0.1) is 5.41 Å². The molecule has 0 bridgehead atoms. The second-order valence-corrected chi connectivity index (χ2v) is 4.01. The Morgan fingerprint density at radius 3 is 1.67 bits per heavy atom. The highest BCUT2D eigenvalue weighted by atomic mass is 16.3. The molecular formula is C10H20O2. The molecule has 0 aromatic rings. The van der Waals surface area contributed by atoms with E-state index >= 15 is 0 Å². The van der Waals surface area contributed by atoms with E-state index in [1.165, 1.54) is 19.3 Å². The van der Waals surface area contributed by atoms with Gasteiger partial charge in [-0.05, 0) is 43.9 Å². The first-order chi connectivity index (χ1) is 5.83. The molecule has 0 atom stereocenters. The highest BCUT2D eigenvalue weighted by Gasteiger charge is 2.35. The van der Waals surface area contributed by atoms with Crippen LogP contribution in [0.4, 0.5) is 0 Å². The Morgan fingerprint density at radius 1 is 0.917 bits per heavy atom. The predicted molar refractivity (Wildman–Crippen MR) is 48.9 cm³/mol. The first-order valence-corrected chi connectivity index (χ1v) is 5.05. The van der Waals surface area contributed by atoms with E-state index in [1.807, 2.05) is 0 Å². The summed E-state index contributed by atoms with van der Waals surface area (Å²) >= 11 is 0. The van der Waals surface area contributed by atoms with Gasteiger partial charge in [-0.1, -0.05) is 6.42 Å². The molecule has 1 fully saturated rings. The minimum absolute atomic E-state index is 0.320. The maximum atomic E-state index is 8.73. The largest absolute Gasteiger partial charge is 0.396 e. The molecular weight excluding hydrogens is 152 g/mol. The molecule has 2 heteroatoms. The SMILES string of the molecule is OCCCC1(CCCO)CCC1. The maximum absolute atomic E-state index is 8.73. The summed E-state index contributed by atoms with van der Waals surface area (Å²) in [6.07, 6.45) is 8.15. The Bertz CT molecular complexity index is 109. The summed E-state index contributed by atoms with van der Waals surface area (Å²) < 4.78 is 0. The molecule has 0 aliphatic heterocycles. The molecule has 1 aliphatic rings. The van der Waals surface area contributed by atoms with Gasteiger partial charge in [-0.25, -0.2) is 0 Å². The van der Waals surface area contributed by atoms with E-state index in [-0.39, 0.29) is 0 Å². The molecule has 0 radical (unpaired) electrons. The van der Waals surface area contributed by atoms with Crippen LogP contribution in [0.3, 0.4) is 0 Å². The molecule has 1 aliphatic carbocycles. The van der Waals surface area contributed by atoms with Gasteiger partial charge in [0.25, 0.3) is 0 Å². The van der Waals surface area contributed by atoms with Gasteiger partial charge in [0.2, 0.25) is 0 Å². The topological polar surface area (TPSA) is 40.5 Å². The monoisotopic (exact) mass is 172 g/mol. The molecule has 0 aromatic heterocycles. The van der Waals surface area contributed by atoms with Crippen LogP contribution in [0.2, 0.25) is 0 Å². The fraction of sp³-hybridized carbons (Fsp3) is 1.00. The lowest BCUT2D eigenvalue weighted by molar-refractivity contribution is 0.0828. The van der Waals surface area contributed by atoms with Crippen molar-refractivity contribution in [2.45, 2.75) is 44.9 Å². The number of aliphatic hydroxyl groups is 2. The Morgan fingerprint density at radius 2 is 1.42 bits per heavy atom. The van der Waals surface area contributed by atoms with Crippen LogP contribution < -0.4 is 0 Å². The van der Waals surface area contributed by atoms with Crippen molar-refractivity contribution in [1.29, 1.82) is 0 Å². The van der Waals surface area contributed by atoms with E-state index in [1.54, 1.807) is 0 Å². The van der Waals surface area contributed by atoms with Crippen LogP contribution in [0.15, 0.2) is 0 Å².